The van der Waals surface area contributed by atoms with Gasteiger partial charge in [0.15, 0.2) is 5.82 Å². The highest BCUT2D eigenvalue weighted by atomic mass is 32.1. The zero-order valence-electron chi connectivity index (χ0n) is 16.6. The number of hydrogen-bond acceptors (Lipinski definition) is 7. The maximum absolute atomic E-state index is 13.3. The fourth-order valence-corrected chi connectivity index (χ4v) is 5.43. The Bertz CT molecular complexity index is 815. The zero-order valence-corrected chi connectivity index (χ0v) is 17.5. The maximum Gasteiger partial charge on any atom is 0.264 e. The molecule has 4 rings (SSSR count). The van der Waals surface area contributed by atoms with Crippen molar-refractivity contribution >= 4 is 17.2 Å². The van der Waals surface area contributed by atoms with Gasteiger partial charge in [-0.05, 0) is 73.1 Å². The van der Waals surface area contributed by atoms with E-state index in [-0.39, 0.29) is 11.4 Å². The Labute approximate surface area is 169 Å². The van der Waals surface area contributed by atoms with E-state index in [2.05, 4.69) is 20.4 Å². The number of rotatable bonds is 6. The minimum Gasteiger partial charge on any atom is -0.383 e. The molecule has 2 aromatic heterocycles. The van der Waals surface area contributed by atoms with E-state index < -0.39 is 0 Å². The molecule has 28 heavy (non-hydrogen) atoms. The number of ether oxygens (including phenoxy) is 1. The molecule has 2 aromatic rings. The minimum absolute atomic E-state index is 0.131. The molecule has 2 fully saturated rings. The Balaban J connectivity index is 1.67. The van der Waals surface area contributed by atoms with Crippen molar-refractivity contribution in [3.63, 3.8) is 0 Å². The van der Waals surface area contributed by atoms with Crippen molar-refractivity contribution in [1.82, 2.24) is 30.0 Å². The number of piperidine rings is 1. The van der Waals surface area contributed by atoms with Crippen LogP contribution in [0, 0.1) is 6.92 Å². The van der Waals surface area contributed by atoms with E-state index >= 15 is 0 Å². The number of carbonyl (C=O) groups is 1. The lowest BCUT2D eigenvalue weighted by molar-refractivity contribution is 0.0123. The Morgan fingerprint density at radius 1 is 1.29 bits per heavy atom. The molecule has 2 saturated heterocycles. The molecule has 0 aliphatic carbocycles. The van der Waals surface area contributed by atoms with Crippen molar-refractivity contribution in [2.45, 2.75) is 44.7 Å². The first kappa shape index (κ1) is 19.5. The summed E-state index contributed by atoms with van der Waals surface area (Å²) in [5.41, 5.74) is 0.726. The molecule has 1 unspecified atom stereocenters. The second-order valence-electron chi connectivity index (χ2n) is 7.71. The van der Waals surface area contributed by atoms with E-state index in [9.17, 15) is 4.79 Å². The second-order valence-corrected chi connectivity index (χ2v) is 8.62. The molecule has 0 N–H and O–H groups in total. The average molecular weight is 405 g/mol. The lowest BCUT2D eigenvalue weighted by Crippen LogP contribution is -2.58. The number of aryl methyl sites for hydroxylation is 1. The van der Waals surface area contributed by atoms with E-state index in [0.717, 1.165) is 48.7 Å². The molecular formula is C19H28N6O2S. The summed E-state index contributed by atoms with van der Waals surface area (Å²) in [7, 11) is 1.69. The van der Waals surface area contributed by atoms with Gasteiger partial charge in [0.25, 0.3) is 5.91 Å². The van der Waals surface area contributed by atoms with Crippen LogP contribution >= 0.6 is 11.3 Å². The third-order valence-corrected chi connectivity index (χ3v) is 6.99. The van der Waals surface area contributed by atoms with Gasteiger partial charge in [-0.25, -0.2) is 4.68 Å². The number of carbonyl (C=O) groups excluding carboxylic acids is 1. The number of methoxy groups -OCH3 is 1. The van der Waals surface area contributed by atoms with E-state index in [1.165, 1.54) is 24.2 Å². The first-order chi connectivity index (χ1) is 13.7. The van der Waals surface area contributed by atoms with Crippen LogP contribution < -0.4 is 0 Å². The minimum atomic E-state index is -0.327. The highest BCUT2D eigenvalue weighted by Crippen LogP contribution is 2.39. The largest absolute Gasteiger partial charge is 0.383 e. The van der Waals surface area contributed by atoms with Gasteiger partial charge in [0.1, 0.15) is 5.54 Å². The molecule has 0 saturated carbocycles. The molecule has 0 radical (unpaired) electrons. The maximum atomic E-state index is 13.3. The van der Waals surface area contributed by atoms with E-state index in [1.807, 2.05) is 28.0 Å². The zero-order chi connectivity index (χ0) is 19.6. The van der Waals surface area contributed by atoms with Gasteiger partial charge in [-0.1, -0.05) is 0 Å². The molecule has 0 spiro atoms. The summed E-state index contributed by atoms with van der Waals surface area (Å²) >= 11 is 1.53. The van der Waals surface area contributed by atoms with Crippen LogP contribution in [0.1, 0.15) is 46.7 Å². The Hall–Kier alpha value is -1.84. The van der Waals surface area contributed by atoms with Gasteiger partial charge in [0.2, 0.25) is 0 Å². The van der Waals surface area contributed by atoms with Gasteiger partial charge in [-0.2, -0.15) is 0 Å². The van der Waals surface area contributed by atoms with Crippen molar-refractivity contribution in [3.8, 4) is 0 Å². The summed E-state index contributed by atoms with van der Waals surface area (Å²) in [4.78, 5) is 18.6. The Morgan fingerprint density at radius 2 is 2.11 bits per heavy atom. The molecule has 1 atom stereocenters. The molecule has 152 valence electrons. The quantitative estimate of drug-likeness (QED) is 0.732. The summed E-state index contributed by atoms with van der Waals surface area (Å²) in [6.45, 7) is 6.65. The van der Waals surface area contributed by atoms with Gasteiger partial charge in [-0.15, -0.1) is 16.4 Å². The number of nitrogens with zero attached hydrogens (tertiary/aromatic N) is 6. The van der Waals surface area contributed by atoms with Gasteiger partial charge >= 0.3 is 0 Å². The number of likely N-dealkylation sites (tertiary alicyclic amines) is 2. The summed E-state index contributed by atoms with van der Waals surface area (Å²) in [6.07, 6.45) is 4.27. The van der Waals surface area contributed by atoms with Crippen LogP contribution in [-0.2, 0) is 16.8 Å². The average Bonchev–Trinajstić information content (AvgIpc) is 3.47. The number of amides is 1. The van der Waals surface area contributed by atoms with Crippen LogP contribution in [0.2, 0.25) is 0 Å². The van der Waals surface area contributed by atoms with E-state index in [4.69, 9.17) is 4.74 Å². The summed E-state index contributed by atoms with van der Waals surface area (Å²) in [6, 6.07) is 2.01. The van der Waals surface area contributed by atoms with Crippen LogP contribution in [0.15, 0.2) is 11.4 Å². The molecule has 2 aliphatic heterocycles. The van der Waals surface area contributed by atoms with Crippen molar-refractivity contribution in [3.05, 3.63) is 27.7 Å². The van der Waals surface area contributed by atoms with Gasteiger partial charge in [0.05, 0.1) is 18.0 Å². The summed E-state index contributed by atoms with van der Waals surface area (Å²) in [5.74, 6) is 0.999. The first-order valence-corrected chi connectivity index (χ1v) is 10.9. The third-order valence-electron chi connectivity index (χ3n) is 5.98. The Morgan fingerprint density at radius 3 is 2.82 bits per heavy atom. The lowest BCUT2D eigenvalue weighted by Gasteiger charge is -2.47. The second kappa shape index (κ2) is 8.26. The summed E-state index contributed by atoms with van der Waals surface area (Å²) < 4.78 is 7.11. The molecule has 9 heteroatoms. The fourth-order valence-electron chi connectivity index (χ4n) is 4.54. The normalized spacial score (nSPS) is 23.4. The van der Waals surface area contributed by atoms with Crippen LogP contribution in [0.3, 0.4) is 0 Å². The molecule has 0 bridgehead atoms. The lowest BCUT2D eigenvalue weighted by atomic mass is 9.86. The Kier molecular flexibility index (Phi) is 5.75. The predicted octanol–water partition coefficient (Wildman–Crippen LogP) is 1.92. The molecule has 0 aromatic carbocycles. The molecule has 8 nitrogen and oxygen atoms in total. The highest BCUT2D eigenvalue weighted by Gasteiger charge is 2.48. The van der Waals surface area contributed by atoms with Crippen molar-refractivity contribution < 1.29 is 9.53 Å². The monoisotopic (exact) mass is 404 g/mol. The van der Waals surface area contributed by atoms with Gasteiger partial charge in [-0.3, -0.25) is 9.69 Å². The van der Waals surface area contributed by atoms with E-state index in [1.54, 1.807) is 7.11 Å². The topological polar surface area (TPSA) is 76.4 Å². The number of aromatic nitrogens is 4. The van der Waals surface area contributed by atoms with Crippen LogP contribution in [0.5, 0.6) is 0 Å². The van der Waals surface area contributed by atoms with Gasteiger partial charge < -0.3 is 9.64 Å². The molecule has 4 heterocycles. The molecule has 1 amide bonds. The number of hydrogen-bond donors (Lipinski definition) is 0. The predicted molar refractivity (Wildman–Crippen MR) is 106 cm³/mol. The van der Waals surface area contributed by atoms with Crippen molar-refractivity contribution in [2.24, 2.45) is 0 Å². The smallest absolute Gasteiger partial charge is 0.264 e. The number of thiophene rings is 1. The van der Waals surface area contributed by atoms with E-state index in [0.29, 0.717) is 19.7 Å². The highest BCUT2D eigenvalue weighted by molar-refractivity contribution is 7.12. The standard InChI is InChI=1S/C19H28N6O2S/c1-15-6-13-28-16(15)17(26)23-8-5-7-19(14-23,24-9-3-4-10-24)18-20-21-22-25(18)11-12-27-2/h6,13H,3-5,7-12,14H2,1-2H3. The van der Waals surface area contributed by atoms with Gasteiger partial charge in [0, 0.05) is 20.2 Å². The van der Waals surface area contributed by atoms with Crippen molar-refractivity contribution in [1.29, 1.82) is 0 Å². The fraction of sp³-hybridized carbons (Fsp3) is 0.684. The SMILES string of the molecule is COCCn1nnnc1C1(N2CCCC2)CCCN(C(=O)c2sccc2C)C1. The van der Waals surface area contributed by atoms with Crippen LogP contribution in [0.4, 0.5) is 0 Å². The molecule has 2 aliphatic rings. The summed E-state index contributed by atoms with van der Waals surface area (Å²) in [5, 5.41) is 14.7. The third kappa shape index (κ3) is 3.46. The van der Waals surface area contributed by atoms with Crippen LogP contribution in [0.25, 0.3) is 0 Å². The van der Waals surface area contributed by atoms with Crippen LogP contribution in [-0.4, -0.2) is 75.8 Å². The molecular weight excluding hydrogens is 376 g/mol. The number of tetrazole rings is 1. The first-order valence-electron chi connectivity index (χ1n) is 10.00. The van der Waals surface area contributed by atoms with Crippen molar-refractivity contribution in [2.75, 3.05) is 39.9 Å².